The first-order valence-corrected chi connectivity index (χ1v) is 11.5. The third-order valence-corrected chi connectivity index (χ3v) is 6.00. The molecule has 1 heterocycles. The number of likely N-dealkylation sites (N-methyl/N-ethyl adjacent to an activating group) is 1. The molecule has 6 nitrogen and oxygen atoms in total. The molecule has 3 aromatic carbocycles. The standard InChI is InChI=1S/C28H30N4O2/c1-20-14-16-22(17-15-20)27(33)31(19-18-30(3)4)21(2)26-29-25-13-9-8-12-24(25)28(34)32(26)23-10-6-5-7-11-23/h5-17,21H,18-19H2,1-4H3. The molecule has 6 heteroatoms. The van der Waals surface area contributed by atoms with Gasteiger partial charge in [-0.25, -0.2) is 4.98 Å². The molecule has 1 atom stereocenters. The van der Waals surface area contributed by atoms with Gasteiger partial charge in [-0.05, 0) is 64.3 Å². The van der Waals surface area contributed by atoms with Gasteiger partial charge >= 0.3 is 0 Å². The molecule has 0 radical (unpaired) electrons. The number of carbonyl (C=O) groups is 1. The Morgan fingerprint density at radius 3 is 2.24 bits per heavy atom. The van der Waals surface area contributed by atoms with Crippen LogP contribution in [0.3, 0.4) is 0 Å². The molecule has 0 saturated heterocycles. The summed E-state index contributed by atoms with van der Waals surface area (Å²) in [6.45, 7) is 5.12. The third-order valence-electron chi connectivity index (χ3n) is 6.00. The second-order valence-corrected chi connectivity index (χ2v) is 8.81. The van der Waals surface area contributed by atoms with E-state index in [-0.39, 0.29) is 11.5 Å². The highest BCUT2D eigenvalue weighted by Gasteiger charge is 2.27. The molecule has 34 heavy (non-hydrogen) atoms. The Kier molecular flexibility index (Phi) is 6.89. The number of hydrogen-bond acceptors (Lipinski definition) is 4. The van der Waals surface area contributed by atoms with Crippen LogP contribution in [0.15, 0.2) is 83.7 Å². The largest absolute Gasteiger partial charge is 0.327 e. The molecule has 0 aliphatic heterocycles. The number of nitrogens with zero attached hydrogens (tertiary/aromatic N) is 4. The van der Waals surface area contributed by atoms with Gasteiger partial charge in [-0.1, -0.05) is 48.0 Å². The highest BCUT2D eigenvalue weighted by molar-refractivity contribution is 5.94. The zero-order chi connectivity index (χ0) is 24.2. The van der Waals surface area contributed by atoms with Crippen molar-refractivity contribution in [1.29, 1.82) is 0 Å². The molecule has 0 N–H and O–H groups in total. The monoisotopic (exact) mass is 454 g/mol. The number of amides is 1. The zero-order valence-corrected chi connectivity index (χ0v) is 20.1. The molecule has 4 rings (SSSR count). The molecule has 4 aromatic rings. The molecule has 0 spiro atoms. The average molecular weight is 455 g/mol. The van der Waals surface area contributed by atoms with Crippen LogP contribution >= 0.6 is 0 Å². The van der Waals surface area contributed by atoms with Gasteiger partial charge in [0, 0.05) is 18.7 Å². The molecule has 0 saturated carbocycles. The number of rotatable bonds is 7. The van der Waals surface area contributed by atoms with Gasteiger partial charge in [0.05, 0.1) is 22.6 Å². The number of hydrogen-bond donors (Lipinski definition) is 0. The van der Waals surface area contributed by atoms with Crippen molar-refractivity contribution in [3.63, 3.8) is 0 Å². The van der Waals surface area contributed by atoms with E-state index in [1.165, 1.54) is 0 Å². The van der Waals surface area contributed by atoms with Gasteiger partial charge in [0.25, 0.3) is 11.5 Å². The predicted molar refractivity (Wildman–Crippen MR) is 137 cm³/mol. The number of benzene rings is 3. The Bertz CT molecular complexity index is 1340. The van der Waals surface area contributed by atoms with Crippen LogP contribution in [0, 0.1) is 6.92 Å². The van der Waals surface area contributed by atoms with Crippen molar-refractivity contribution in [1.82, 2.24) is 19.4 Å². The van der Waals surface area contributed by atoms with Crippen LogP contribution < -0.4 is 5.56 Å². The van der Waals surface area contributed by atoms with E-state index in [1.54, 1.807) is 15.5 Å². The lowest BCUT2D eigenvalue weighted by atomic mass is 10.1. The molecule has 0 bridgehead atoms. The van der Waals surface area contributed by atoms with Crippen LogP contribution in [0.2, 0.25) is 0 Å². The topological polar surface area (TPSA) is 58.4 Å². The SMILES string of the molecule is Cc1ccc(C(=O)N(CCN(C)C)C(C)c2nc3ccccc3c(=O)n2-c2ccccc2)cc1. The maximum absolute atomic E-state index is 13.7. The van der Waals surface area contributed by atoms with E-state index >= 15 is 0 Å². The molecule has 1 amide bonds. The lowest BCUT2D eigenvalue weighted by Crippen LogP contribution is -2.41. The molecule has 0 fully saturated rings. The summed E-state index contributed by atoms with van der Waals surface area (Å²) in [6, 6.07) is 24.0. The summed E-state index contributed by atoms with van der Waals surface area (Å²) in [7, 11) is 3.96. The van der Waals surface area contributed by atoms with Crippen LogP contribution in [0.1, 0.15) is 34.7 Å². The van der Waals surface area contributed by atoms with E-state index in [4.69, 9.17) is 4.98 Å². The van der Waals surface area contributed by atoms with Crippen molar-refractivity contribution < 1.29 is 4.79 Å². The fraction of sp³-hybridized carbons (Fsp3) is 0.250. The van der Waals surface area contributed by atoms with Gasteiger partial charge in [-0.3, -0.25) is 14.2 Å². The Hall–Kier alpha value is -3.77. The quantitative estimate of drug-likeness (QED) is 0.414. The van der Waals surface area contributed by atoms with E-state index in [0.717, 1.165) is 11.3 Å². The van der Waals surface area contributed by atoms with Crippen LogP contribution in [-0.4, -0.2) is 52.4 Å². The summed E-state index contributed by atoms with van der Waals surface area (Å²) in [6.07, 6.45) is 0. The number of fused-ring (bicyclic) bond motifs is 1. The molecular formula is C28H30N4O2. The lowest BCUT2D eigenvalue weighted by molar-refractivity contribution is 0.0667. The minimum absolute atomic E-state index is 0.0867. The maximum Gasteiger partial charge on any atom is 0.266 e. The van der Waals surface area contributed by atoms with Crippen molar-refractivity contribution in [2.24, 2.45) is 0 Å². The number of aryl methyl sites for hydroxylation is 1. The molecule has 1 aromatic heterocycles. The Morgan fingerprint density at radius 1 is 0.912 bits per heavy atom. The van der Waals surface area contributed by atoms with Crippen molar-refractivity contribution in [2.45, 2.75) is 19.9 Å². The van der Waals surface area contributed by atoms with Gasteiger partial charge in [-0.15, -0.1) is 0 Å². The molecular weight excluding hydrogens is 424 g/mol. The van der Waals surface area contributed by atoms with Gasteiger partial charge in [0.15, 0.2) is 0 Å². The molecule has 1 unspecified atom stereocenters. The number of para-hydroxylation sites is 2. The summed E-state index contributed by atoms with van der Waals surface area (Å²) in [4.78, 5) is 36.1. The first kappa shape index (κ1) is 23.4. The second-order valence-electron chi connectivity index (χ2n) is 8.81. The summed E-state index contributed by atoms with van der Waals surface area (Å²) in [5.41, 5.74) is 2.91. The fourth-order valence-corrected chi connectivity index (χ4v) is 4.04. The van der Waals surface area contributed by atoms with Gasteiger partial charge in [-0.2, -0.15) is 0 Å². The highest BCUT2D eigenvalue weighted by atomic mass is 16.2. The third kappa shape index (κ3) is 4.77. The Labute approximate surface area is 200 Å². The van der Waals surface area contributed by atoms with Crippen molar-refractivity contribution in [2.75, 3.05) is 27.2 Å². The minimum atomic E-state index is -0.439. The van der Waals surface area contributed by atoms with E-state index in [9.17, 15) is 9.59 Å². The summed E-state index contributed by atoms with van der Waals surface area (Å²) in [5, 5.41) is 0.548. The van der Waals surface area contributed by atoms with E-state index in [1.807, 2.05) is 106 Å². The lowest BCUT2D eigenvalue weighted by Gasteiger charge is -2.31. The van der Waals surface area contributed by atoms with Crippen LogP contribution in [0.25, 0.3) is 16.6 Å². The number of aromatic nitrogens is 2. The van der Waals surface area contributed by atoms with E-state index < -0.39 is 6.04 Å². The van der Waals surface area contributed by atoms with Crippen molar-refractivity contribution in [3.05, 3.63) is 106 Å². The number of carbonyl (C=O) groups excluding carboxylic acids is 1. The van der Waals surface area contributed by atoms with Crippen LogP contribution in [0.4, 0.5) is 0 Å². The van der Waals surface area contributed by atoms with Crippen molar-refractivity contribution in [3.8, 4) is 5.69 Å². The van der Waals surface area contributed by atoms with Gasteiger partial charge in [0.1, 0.15) is 5.82 Å². The Morgan fingerprint density at radius 2 is 1.56 bits per heavy atom. The van der Waals surface area contributed by atoms with Gasteiger partial charge < -0.3 is 9.80 Å². The predicted octanol–water partition coefficient (Wildman–Crippen LogP) is 4.46. The van der Waals surface area contributed by atoms with E-state index in [2.05, 4.69) is 0 Å². The van der Waals surface area contributed by atoms with Gasteiger partial charge in [0.2, 0.25) is 0 Å². The average Bonchev–Trinajstić information content (AvgIpc) is 2.84. The zero-order valence-electron chi connectivity index (χ0n) is 20.1. The maximum atomic E-state index is 13.7. The summed E-state index contributed by atoms with van der Waals surface area (Å²) >= 11 is 0. The highest BCUT2D eigenvalue weighted by Crippen LogP contribution is 2.24. The smallest absolute Gasteiger partial charge is 0.266 e. The van der Waals surface area contributed by atoms with E-state index in [0.29, 0.717) is 35.4 Å². The summed E-state index contributed by atoms with van der Waals surface area (Å²) < 4.78 is 1.64. The van der Waals surface area contributed by atoms with Crippen LogP contribution in [-0.2, 0) is 0 Å². The molecule has 174 valence electrons. The second kappa shape index (κ2) is 10.0. The van der Waals surface area contributed by atoms with Crippen LogP contribution in [0.5, 0.6) is 0 Å². The fourth-order valence-electron chi connectivity index (χ4n) is 4.04. The minimum Gasteiger partial charge on any atom is -0.327 e. The normalized spacial score (nSPS) is 12.1. The summed E-state index contributed by atoms with van der Waals surface area (Å²) in [5.74, 6) is 0.450. The molecule has 0 aliphatic carbocycles. The van der Waals surface area contributed by atoms with Crippen molar-refractivity contribution >= 4 is 16.8 Å². The first-order chi connectivity index (χ1) is 16.4. The molecule has 0 aliphatic rings. The Balaban J connectivity index is 1.88. The first-order valence-electron chi connectivity index (χ1n) is 11.5.